The number of pyridine rings is 1. The van der Waals surface area contributed by atoms with Crippen LogP contribution in [-0.2, 0) is 4.74 Å². The van der Waals surface area contributed by atoms with Gasteiger partial charge in [0.25, 0.3) is 0 Å². The van der Waals surface area contributed by atoms with Crippen LogP contribution in [0.25, 0.3) is 0 Å². The second-order valence-corrected chi connectivity index (χ2v) is 4.79. The van der Waals surface area contributed by atoms with Crippen LogP contribution in [0.4, 0.5) is 11.5 Å². The maximum atomic E-state index is 11.2. The molecule has 0 radical (unpaired) electrons. The Morgan fingerprint density at radius 1 is 1.67 bits per heavy atom. The summed E-state index contributed by atoms with van der Waals surface area (Å²) in [5, 5.41) is 19.9. The van der Waals surface area contributed by atoms with E-state index in [0.717, 1.165) is 25.6 Å². The summed E-state index contributed by atoms with van der Waals surface area (Å²) in [6, 6.07) is 1.26. The highest BCUT2D eigenvalue weighted by Crippen LogP contribution is 2.25. The zero-order valence-corrected chi connectivity index (χ0v) is 11.7. The molecule has 1 saturated heterocycles. The van der Waals surface area contributed by atoms with E-state index in [1.165, 1.54) is 6.07 Å². The molecule has 1 N–H and O–H groups in total. The highest BCUT2D eigenvalue weighted by Gasteiger charge is 2.25. The number of anilines is 1. The van der Waals surface area contributed by atoms with Gasteiger partial charge in [-0.25, -0.2) is 9.78 Å². The Hall–Kier alpha value is -2.22. The summed E-state index contributed by atoms with van der Waals surface area (Å²) in [4.78, 5) is 27.2. The van der Waals surface area contributed by atoms with Crippen LogP contribution in [0, 0.1) is 10.1 Å². The van der Waals surface area contributed by atoms with Crippen molar-refractivity contribution in [2.75, 3.05) is 24.6 Å². The molecule has 1 atom stereocenters. The highest BCUT2D eigenvalue weighted by molar-refractivity contribution is 5.93. The summed E-state index contributed by atoms with van der Waals surface area (Å²) in [5.41, 5.74) is -0.840. The average Bonchev–Trinajstić information content (AvgIpc) is 2.47. The molecule has 0 amide bonds. The largest absolute Gasteiger partial charge is 0.477 e. The van der Waals surface area contributed by atoms with Gasteiger partial charge >= 0.3 is 11.7 Å². The molecule has 8 heteroatoms. The van der Waals surface area contributed by atoms with Crippen LogP contribution in [0.15, 0.2) is 12.3 Å². The smallest absolute Gasteiger partial charge is 0.342 e. The molecule has 2 heterocycles. The summed E-state index contributed by atoms with van der Waals surface area (Å²) in [7, 11) is 0. The third-order valence-corrected chi connectivity index (χ3v) is 3.40. The number of hydrogen-bond donors (Lipinski definition) is 1. The summed E-state index contributed by atoms with van der Waals surface area (Å²) >= 11 is 0. The molecule has 0 aromatic carbocycles. The standard InChI is InChI=1S/C13H17N3O5/c1-2-21-9-4-3-5-15(8-9)12-6-10(13(17)18)11(7-14-12)16(19)20/h6-7,9H,2-5,8H2,1H3,(H,17,18). The van der Waals surface area contributed by atoms with Crippen molar-refractivity contribution >= 4 is 17.5 Å². The molecule has 1 unspecified atom stereocenters. The number of hydrogen-bond acceptors (Lipinski definition) is 6. The molecule has 1 aliphatic rings. The lowest BCUT2D eigenvalue weighted by Crippen LogP contribution is -2.40. The second kappa shape index (κ2) is 6.49. The van der Waals surface area contributed by atoms with Crippen LogP contribution in [0.5, 0.6) is 0 Å². The van der Waals surface area contributed by atoms with Gasteiger partial charge in [-0.3, -0.25) is 10.1 Å². The van der Waals surface area contributed by atoms with Gasteiger partial charge in [0.05, 0.1) is 11.0 Å². The number of nitro groups is 1. The summed E-state index contributed by atoms with van der Waals surface area (Å²) in [5.74, 6) is -0.897. The van der Waals surface area contributed by atoms with E-state index < -0.39 is 16.6 Å². The van der Waals surface area contributed by atoms with Crippen LogP contribution >= 0.6 is 0 Å². The van der Waals surface area contributed by atoms with Crippen molar-refractivity contribution < 1.29 is 19.6 Å². The molecule has 0 bridgehead atoms. The molecular formula is C13H17N3O5. The molecule has 0 aliphatic carbocycles. The average molecular weight is 295 g/mol. The molecular weight excluding hydrogens is 278 g/mol. The van der Waals surface area contributed by atoms with E-state index in [0.29, 0.717) is 19.0 Å². The Morgan fingerprint density at radius 3 is 3.05 bits per heavy atom. The van der Waals surface area contributed by atoms with Crippen molar-refractivity contribution in [2.45, 2.75) is 25.9 Å². The lowest BCUT2D eigenvalue weighted by Gasteiger charge is -2.33. The van der Waals surface area contributed by atoms with Gasteiger partial charge in [0.2, 0.25) is 0 Å². The molecule has 1 aromatic heterocycles. The van der Waals surface area contributed by atoms with Crippen molar-refractivity contribution in [1.29, 1.82) is 0 Å². The van der Waals surface area contributed by atoms with Crippen molar-refractivity contribution in [3.05, 3.63) is 27.9 Å². The molecule has 114 valence electrons. The Balaban J connectivity index is 2.25. The first-order valence-corrected chi connectivity index (χ1v) is 6.77. The van der Waals surface area contributed by atoms with E-state index >= 15 is 0 Å². The third kappa shape index (κ3) is 3.46. The maximum absolute atomic E-state index is 11.2. The fourth-order valence-electron chi connectivity index (χ4n) is 2.44. The number of piperidine rings is 1. The van der Waals surface area contributed by atoms with E-state index in [9.17, 15) is 14.9 Å². The number of rotatable bonds is 5. The highest BCUT2D eigenvalue weighted by atomic mass is 16.6. The third-order valence-electron chi connectivity index (χ3n) is 3.40. The zero-order valence-electron chi connectivity index (χ0n) is 11.7. The minimum Gasteiger partial charge on any atom is -0.477 e. The normalized spacial score (nSPS) is 18.5. The van der Waals surface area contributed by atoms with Gasteiger partial charge in [-0.05, 0) is 19.8 Å². The van der Waals surface area contributed by atoms with Crippen LogP contribution in [-0.4, -0.2) is 46.8 Å². The van der Waals surface area contributed by atoms with Crippen molar-refractivity contribution in [3.8, 4) is 0 Å². The summed E-state index contributed by atoms with van der Waals surface area (Å²) in [6.07, 6.45) is 2.94. The molecule has 0 saturated carbocycles. The Morgan fingerprint density at radius 2 is 2.43 bits per heavy atom. The first-order chi connectivity index (χ1) is 10.0. The second-order valence-electron chi connectivity index (χ2n) is 4.79. The fourth-order valence-corrected chi connectivity index (χ4v) is 2.44. The van der Waals surface area contributed by atoms with Gasteiger partial charge in [-0.1, -0.05) is 0 Å². The van der Waals surface area contributed by atoms with E-state index in [1.807, 2.05) is 11.8 Å². The van der Waals surface area contributed by atoms with Gasteiger partial charge in [-0.2, -0.15) is 0 Å². The number of carboxylic acid groups (broad SMARTS) is 1. The number of ether oxygens (including phenoxy) is 1. The monoisotopic (exact) mass is 295 g/mol. The Labute approximate surface area is 121 Å². The number of aromatic nitrogens is 1. The quantitative estimate of drug-likeness (QED) is 0.650. The van der Waals surface area contributed by atoms with Crippen LogP contribution < -0.4 is 4.90 Å². The van der Waals surface area contributed by atoms with Crippen molar-refractivity contribution in [1.82, 2.24) is 4.98 Å². The fraction of sp³-hybridized carbons (Fsp3) is 0.538. The van der Waals surface area contributed by atoms with Crippen LogP contribution in [0.3, 0.4) is 0 Å². The van der Waals surface area contributed by atoms with Gasteiger partial charge in [0.1, 0.15) is 17.6 Å². The minimum atomic E-state index is -1.33. The van der Waals surface area contributed by atoms with Gasteiger partial charge in [-0.15, -0.1) is 0 Å². The van der Waals surface area contributed by atoms with E-state index in [1.54, 1.807) is 0 Å². The number of carboxylic acids is 1. The topological polar surface area (TPSA) is 106 Å². The molecule has 2 rings (SSSR count). The maximum Gasteiger partial charge on any atom is 0.342 e. The summed E-state index contributed by atoms with van der Waals surface area (Å²) in [6.45, 7) is 3.88. The van der Waals surface area contributed by atoms with Crippen LogP contribution in [0.1, 0.15) is 30.1 Å². The lowest BCUT2D eigenvalue weighted by molar-refractivity contribution is -0.385. The number of nitrogens with zero attached hydrogens (tertiary/aromatic N) is 3. The minimum absolute atomic E-state index is 0.0778. The molecule has 21 heavy (non-hydrogen) atoms. The SMILES string of the molecule is CCOC1CCCN(c2cc(C(=O)O)c([N+](=O)[O-])cn2)C1. The van der Waals surface area contributed by atoms with Crippen molar-refractivity contribution in [3.63, 3.8) is 0 Å². The van der Waals surface area contributed by atoms with Crippen molar-refractivity contribution in [2.24, 2.45) is 0 Å². The predicted molar refractivity (Wildman–Crippen MR) is 74.7 cm³/mol. The van der Waals surface area contributed by atoms with Gasteiger partial charge in [0, 0.05) is 25.8 Å². The van der Waals surface area contributed by atoms with E-state index in [2.05, 4.69) is 4.98 Å². The number of carbonyl (C=O) groups is 1. The Bertz CT molecular complexity index is 547. The Kier molecular flexibility index (Phi) is 4.69. The molecule has 1 fully saturated rings. The van der Waals surface area contributed by atoms with E-state index in [4.69, 9.17) is 9.84 Å². The van der Waals surface area contributed by atoms with Gasteiger partial charge in [0.15, 0.2) is 0 Å². The first-order valence-electron chi connectivity index (χ1n) is 6.77. The number of aromatic carboxylic acids is 1. The van der Waals surface area contributed by atoms with Gasteiger partial charge < -0.3 is 14.7 Å². The zero-order chi connectivity index (χ0) is 15.4. The van der Waals surface area contributed by atoms with E-state index in [-0.39, 0.29) is 11.7 Å². The van der Waals surface area contributed by atoms with Crippen LogP contribution in [0.2, 0.25) is 0 Å². The molecule has 1 aromatic rings. The predicted octanol–water partition coefficient (Wildman–Crippen LogP) is 1.69. The molecule has 0 spiro atoms. The molecule has 8 nitrogen and oxygen atoms in total. The summed E-state index contributed by atoms with van der Waals surface area (Å²) < 4.78 is 5.58. The first kappa shape index (κ1) is 15.2. The molecule has 1 aliphatic heterocycles. The lowest BCUT2D eigenvalue weighted by atomic mass is 10.1.